The summed E-state index contributed by atoms with van der Waals surface area (Å²) in [6.45, 7) is 3.39. The summed E-state index contributed by atoms with van der Waals surface area (Å²) in [6.07, 6.45) is 9.94. The van der Waals surface area contributed by atoms with E-state index >= 15 is 0 Å². The quantitative estimate of drug-likeness (QED) is 0.416. The van der Waals surface area contributed by atoms with Gasteiger partial charge in [-0.05, 0) is 63.1 Å². The van der Waals surface area contributed by atoms with Crippen molar-refractivity contribution in [3.63, 3.8) is 0 Å². The number of carbonyl (C=O) groups is 1. The highest BCUT2D eigenvalue weighted by Gasteiger charge is 2.31. The van der Waals surface area contributed by atoms with Gasteiger partial charge in [0.25, 0.3) is 0 Å². The minimum Gasteiger partial charge on any atom is -0.393 e. The number of piperidine rings is 1. The molecule has 0 radical (unpaired) electrons. The van der Waals surface area contributed by atoms with E-state index in [2.05, 4.69) is 32.5 Å². The van der Waals surface area contributed by atoms with Gasteiger partial charge in [0.1, 0.15) is 5.52 Å². The van der Waals surface area contributed by atoms with Gasteiger partial charge in [0.05, 0.1) is 11.6 Å². The van der Waals surface area contributed by atoms with Crippen molar-refractivity contribution in [2.45, 2.75) is 57.6 Å². The zero-order chi connectivity index (χ0) is 26.1. The van der Waals surface area contributed by atoms with Crippen LogP contribution in [0, 0.1) is 12.8 Å². The van der Waals surface area contributed by atoms with E-state index < -0.39 is 0 Å². The van der Waals surface area contributed by atoms with Gasteiger partial charge in [-0.3, -0.25) is 9.78 Å². The number of aryl methyl sites for hydroxylation is 1. The van der Waals surface area contributed by atoms with Gasteiger partial charge in [-0.25, -0.2) is 4.98 Å². The molecule has 2 aliphatic rings. The molecule has 1 aromatic carbocycles. The highest BCUT2D eigenvalue weighted by atomic mass is 16.3. The van der Waals surface area contributed by atoms with Crippen molar-refractivity contribution in [3.8, 4) is 16.9 Å². The lowest BCUT2D eigenvalue weighted by Gasteiger charge is -2.35. The Morgan fingerprint density at radius 1 is 1.00 bits per heavy atom. The number of nitrogens with zero attached hydrogens (tertiary/aromatic N) is 7. The highest BCUT2D eigenvalue weighted by Crippen LogP contribution is 2.31. The van der Waals surface area contributed by atoms with Crippen LogP contribution in [-0.2, 0) is 4.79 Å². The Bertz CT molecular complexity index is 1440. The average Bonchev–Trinajstić information content (AvgIpc) is 3.39. The van der Waals surface area contributed by atoms with Gasteiger partial charge in [-0.2, -0.15) is 9.67 Å². The highest BCUT2D eigenvalue weighted by molar-refractivity contribution is 5.92. The number of nitrogens with one attached hydrogen (secondary N) is 1. The van der Waals surface area contributed by atoms with Crippen molar-refractivity contribution in [2.75, 3.05) is 18.4 Å². The van der Waals surface area contributed by atoms with Gasteiger partial charge in [-0.1, -0.05) is 17.3 Å². The normalized spacial score (nSPS) is 20.5. The predicted octanol–water partition coefficient (Wildman–Crippen LogP) is 3.53. The maximum atomic E-state index is 12.9. The molecule has 1 aliphatic heterocycles. The third-order valence-electron chi connectivity index (χ3n) is 7.85. The number of rotatable bonds is 5. The van der Waals surface area contributed by atoms with Gasteiger partial charge >= 0.3 is 0 Å². The zero-order valence-corrected chi connectivity index (χ0v) is 21.5. The van der Waals surface area contributed by atoms with Crippen molar-refractivity contribution in [1.29, 1.82) is 0 Å². The third kappa shape index (κ3) is 4.83. The summed E-state index contributed by atoms with van der Waals surface area (Å²) < 4.78 is 1.74. The average molecular weight is 513 g/mol. The Morgan fingerprint density at radius 3 is 2.61 bits per heavy atom. The van der Waals surface area contributed by atoms with E-state index in [0.29, 0.717) is 37.7 Å². The van der Waals surface area contributed by atoms with Crippen LogP contribution in [0.4, 0.5) is 5.95 Å². The molecule has 4 aromatic rings. The maximum Gasteiger partial charge on any atom is 0.225 e. The Balaban J connectivity index is 1.15. The second-order valence-corrected chi connectivity index (χ2v) is 10.4. The molecule has 0 unspecified atom stereocenters. The number of likely N-dealkylation sites (tertiary alicyclic amines) is 1. The number of hydrogen-bond acceptors (Lipinski definition) is 8. The standard InChI is InChI=1S/C28H32N8O2/c1-18-9-13-29-17-23(18)22-3-2-4-24-26(22)33-34-36(24)25-10-14-30-28(32-25)31-20-7-5-19(6-8-20)27(38)35-15-11-21(37)12-16-35/h2-4,9-10,13-14,17,19-21,37H,5-8,11-12,15-16H2,1H3,(H,30,31,32)/t19-,20-. The first kappa shape index (κ1) is 24.4. The molecule has 196 valence electrons. The molecule has 1 saturated heterocycles. The van der Waals surface area contributed by atoms with E-state index in [-0.39, 0.29) is 24.0 Å². The SMILES string of the molecule is Cc1ccncc1-c1cccc2c1nnn2-c1ccnc(N[C@H]2CC[C@H](C(=O)N3CCC(O)CC3)CC2)n1. The number of aliphatic hydroxyl groups is 1. The number of anilines is 1. The van der Waals surface area contributed by atoms with Crippen LogP contribution in [0.3, 0.4) is 0 Å². The molecule has 1 amide bonds. The molecule has 1 aliphatic carbocycles. The molecule has 2 fully saturated rings. The fourth-order valence-corrected chi connectivity index (χ4v) is 5.63. The summed E-state index contributed by atoms with van der Waals surface area (Å²) in [4.78, 5) is 28.3. The molecule has 10 heteroatoms. The first-order valence-corrected chi connectivity index (χ1v) is 13.4. The Labute approximate surface area is 221 Å². The smallest absolute Gasteiger partial charge is 0.225 e. The monoisotopic (exact) mass is 512 g/mol. The van der Waals surface area contributed by atoms with Crippen LogP contribution in [0.25, 0.3) is 28.0 Å². The molecule has 1 saturated carbocycles. The summed E-state index contributed by atoms with van der Waals surface area (Å²) in [6, 6.07) is 10.0. The van der Waals surface area contributed by atoms with Gasteiger partial charge in [0.15, 0.2) is 5.82 Å². The summed E-state index contributed by atoms with van der Waals surface area (Å²) >= 11 is 0. The molecule has 0 atom stereocenters. The summed E-state index contributed by atoms with van der Waals surface area (Å²) in [5.74, 6) is 1.49. The van der Waals surface area contributed by atoms with Crippen molar-refractivity contribution in [1.82, 2.24) is 34.8 Å². The van der Waals surface area contributed by atoms with Crippen LogP contribution >= 0.6 is 0 Å². The van der Waals surface area contributed by atoms with Gasteiger partial charge < -0.3 is 15.3 Å². The molecule has 10 nitrogen and oxygen atoms in total. The van der Waals surface area contributed by atoms with Crippen molar-refractivity contribution >= 4 is 22.9 Å². The number of aliphatic hydroxyl groups excluding tert-OH is 1. The molecular weight excluding hydrogens is 480 g/mol. The number of hydrogen-bond donors (Lipinski definition) is 2. The molecule has 2 N–H and O–H groups in total. The predicted molar refractivity (Wildman–Crippen MR) is 144 cm³/mol. The molecule has 0 bridgehead atoms. The van der Waals surface area contributed by atoms with E-state index in [0.717, 1.165) is 53.4 Å². The van der Waals surface area contributed by atoms with E-state index in [1.165, 1.54) is 0 Å². The number of carbonyl (C=O) groups excluding carboxylic acids is 1. The molecule has 4 heterocycles. The lowest BCUT2D eigenvalue weighted by atomic mass is 9.85. The van der Waals surface area contributed by atoms with Crippen molar-refractivity contribution < 1.29 is 9.90 Å². The van der Waals surface area contributed by atoms with Crippen molar-refractivity contribution in [3.05, 3.63) is 54.5 Å². The molecule has 6 rings (SSSR count). The zero-order valence-electron chi connectivity index (χ0n) is 21.5. The van der Waals surface area contributed by atoms with Gasteiger partial charge in [0, 0.05) is 60.8 Å². The second-order valence-electron chi connectivity index (χ2n) is 10.4. The molecule has 38 heavy (non-hydrogen) atoms. The first-order valence-electron chi connectivity index (χ1n) is 13.4. The van der Waals surface area contributed by atoms with Crippen molar-refractivity contribution in [2.24, 2.45) is 5.92 Å². The molecule has 3 aromatic heterocycles. The van der Waals surface area contributed by atoms with E-state index in [1.807, 2.05) is 41.4 Å². The van der Waals surface area contributed by atoms with E-state index in [4.69, 9.17) is 4.98 Å². The van der Waals surface area contributed by atoms with E-state index in [9.17, 15) is 9.90 Å². The fraction of sp³-hybridized carbons (Fsp3) is 0.429. The topological polar surface area (TPSA) is 122 Å². The largest absolute Gasteiger partial charge is 0.393 e. The fourth-order valence-electron chi connectivity index (χ4n) is 5.63. The minimum atomic E-state index is -0.266. The second kappa shape index (κ2) is 10.4. The number of pyridine rings is 1. The van der Waals surface area contributed by atoms with Crippen LogP contribution in [0.2, 0.25) is 0 Å². The summed E-state index contributed by atoms with van der Waals surface area (Å²) in [5.41, 5.74) is 4.80. The number of aromatic nitrogens is 6. The number of fused-ring (bicyclic) bond motifs is 1. The lowest BCUT2D eigenvalue weighted by Crippen LogP contribution is -2.44. The Morgan fingerprint density at radius 2 is 1.82 bits per heavy atom. The van der Waals surface area contributed by atoms with Crippen LogP contribution in [-0.4, -0.2) is 71.1 Å². The first-order chi connectivity index (χ1) is 18.6. The minimum absolute atomic E-state index is 0.0645. The maximum absolute atomic E-state index is 12.9. The summed E-state index contributed by atoms with van der Waals surface area (Å²) in [7, 11) is 0. The van der Waals surface area contributed by atoms with Crippen LogP contribution in [0.15, 0.2) is 48.9 Å². The molecule has 0 spiro atoms. The van der Waals surface area contributed by atoms with E-state index in [1.54, 1.807) is 17.1 Å². The van der Waals surface area contributed by atoms with Gasteiger partial charge in [-0.15, -0.1) is 5.10 Å². The van der Waals surface area contributed by atoms with Crippen LogP contribution < -0.4 is 5.32 Å². The Hall–Kier alpha value is -3.92. The molecular formula is C28H32N8O2. The van der Waals surface area contributed by atoms with Gasteiger partial charge in [0.2, 0.25) is 11.9 Å². The number of amides is 1. The third-order valence-corrected chi connectivity index (χ3v) is 7.85. The number of benzene rings is 1. The summed E-state index contributed by atoms with van der Waals surface area (Å²) in [5, 5.41) is 22.1. The Kier molecular flexibility index (Phi) is 6.71. The van der Waals surface area contributed by atoms with Crippen LogP contribution in [0.1, 0.15) is 44.1 Å². The lowest BCUT2D eigenvalue weighted by molar-refractivity contribution is -0.138. The van der Waals surface area contributed by atoms with Crippen LogP contribution in [0.5, 0.6) is 0 Å².